The van der Waals surface area contributed by atoms with Crippen LogP contribution in [0.5, 0.6) is 0 Å². The number of amides is 1. The smallest absolute Gasteiger partial charge is 0.261 e. The van der Waals surface area contributed by atoms with Crippen LogP contribution in [0.1, 0.15) is 11.7 Å². The molecule has 0 spiro atoms. The number of aromatic nitrogens is 2. The molecule has 1 aromatic carbocycles. The molecule has 0 unspecified atom stereocenters. The highest BCUT2D eigenvalue weighted by Gasteiger charge is 2.32. The average Bonchev–Trinajstić information content (AvgIpc) is 2.81. The second kappa shape index (κ2) is 3.80. The van der Waals surface area contributed by atoms with Crippen molar-refractivity contribution in [3.8, 4) is 11.3 Å². The molecule has 3 rings (SSSR count). The molecule has 90 valence electrons. The van der Waals surface area contributed by atoms with Gasteiger partial charge in [-0.15, -0.1) is 0 Å². The monoisotopic (exact) mass is 241 g/mol. The molecule has 1 aliphatic rings. The van der Waals surface area contributed by atoms with E-state index >= 15 is 0 Å². The lowest BCUT2D eigenvalue weighted by Crippen LogP contribution is -2.37. The SMILES string of the molecule is C[C@H]1C(=O)Nc2cc(-c3ccccc3)nn2C1=O. The van der Waals surface area contributed by atoms with Gasteiger partial charge in [-0.05, 0) is 6.92 Å². The molecule has 1 N–H and O–H groups in total. The molecule has 0 saturated heterocycles. The number of rotatable bonds is 1. The van der Waals surface area contributed by atoms with Crippen LogP contribution >= 0.6 is 0 Å². The van der Waals surface area contributed by atoms with Crippen LogP contribution in [0.2, 0.25) is 0 Å². The quantitative estimate of drug-likeness (QED) is 0.774. The molecule has 1 amide bonds. The first-order valence-electron chi connectivity index (χ1n) is 5.67. The molecule has 0 aliphatic carbocycles. The topological polar surface area (TPSA) is 64.0 Å². The van der Waals surface area contributed by atoms with Crippen molar-refractivity contribution in [2.75, 3.05) is 5.32 Å². The Labute approximate surface area is 103 Å². The van der Waals surface area contributed by atoms with Crippen molar-refractivity contribution in [2.45, 2.75) is 6.92 Å². The van der Waals surface area contributed by atoms with Crippen molar-refractivity contribution in [1.82, 2.24) is 9.78 Å². The van der Waals surface area contributed by atoms with Gasteiger partial charge in [0.15, 0.2) is 0 Å². The maximum absolute atomic E-state index is 11.9. The Balaban J connectivity index is 2.09. The second-order valence-electron chi connectivity index (χ2n) is 4.24. The minimum absolute atomic E-state index is 0.285. The van der Waals surface area contributed by atoms with Crippen LogP contribution < -0.4 is 5.32 Å². The van der Waals surface area contributed by atoms with E-state index in [1.54, 1.807) is 13.0 Å². The number of carbonyl (C=O) groups is 2. The molecule has 2 heterocycles. The van der Waals surface area contributed by atoms with Gasteiger partial charge in [-0.3, -0.25) is 9.59 Å². The third kappa shape index (κ3) is 1.52. The predicted molar refractivity (Wildman–Crippen MR) is 66.1 cm³/mol. The first-order chi connectivity index (χ1) is 8.66. The van der Waals surface area contributed by atoms with Crippen LogP contribution in [0.4, 0.5) is 5.82 Å². The summed E-state index contributed by atoms with van der Waals surface area (Å²) in [6.45, 7) is 1.57. The van der Waals surface area contributed by atoms with Gasteiger partial charge in [0, 0.05) is 11.6 Å². The summed E-state index contributed by atoms with van der Waals surface area (Å²) in [7, 11) is 0. The summed E-state index contributed by atoms with van der Waals surface area (Å²) in [5.74, 6) is -0.842. The summed E-state index contributed by atoms with van der Waals surface area (Å²) in [6.07, 6.45) is 0. The van der Waals surface area contributed by atoms with Gasteiger partial charge >= 0.3 is 0 Å². The molecule has 5 heteroatoms. The van der Waals surface area contributed by atoms with Gasteiger partial charge in [0.2, 0.25) is 5.91 Å². The summed E-state index contributed by atoms with van der Waals surface area (Å²) in [4.78, 5) is 23.5. The Morgan fingerprint density at radius 1 is 1.22 bits per heavy atom. The lowest BCUT2D eigenvalue weighted by atomic mass is 10.1. The van der Waals surface area contributed by atoms with Crippen molar-refractivity contribution in [3.63, 3.8) is 0 Å². The predicted octanol–water partition coefficient (Wildman–Crippen LogP) is 1.78. The Bertz CT molecular complexity index is 631. The summed E-state index contributed by atoms with van der Waals surface area (Å²) in [5.41, 5.74) is 1.59. The van der Waals surface area contributed by atoms with E-state index in [2.05, 4.69) is 10.4 Å². The van der Waals surface area contributed by atoms with E-state index in [0.29, 0.717) is 11.5 Å². The number of fused-ring (bicyclic) bond motifs is 1. The summed E-state index contributed by atoms with van der Waals surface area (Å²) >= 11 is 0. The van der Waals surface area contributed by atoms with Gasteiger partial charge in [0.25, 0.3) is 5.91 Å². The molecule has 1 aliphatic heterocycles. The van der Waals surface area contributed by atoms with Gasteiger partial charge in [0.1, 0.15) is 11.7 Å². The molecular weight excluding hydrogens is 230 g/mol. The largest absolute Gasteiger partial charge is 0.310 e. The van der Waals surface area contributed by atoms with Crippen LogP contribution in [0.3, 0.4) is 0 Å². The lowest BCUT2D eigenvalue weighted by Gasteiger charge is -2.17. The molecule has 0 saturated carbocycles. The van der Waals surface area contributed by atoms with Crippen LogP contribution in [0.15, 0.2) is 36.4 Å². The third-order valence-electron chi connectivity index (χ3n) is 3.00. The minimum atomic E-state index is -0.693. The normalized spacial score (nSPS) is 18.4. The lowest BCUT2D eigenvalue weighted by molar-refractivity contribution is -0.118. The molecule has 0 radical (unpaired) electrons. The van der Waals surface area contributed by atoms with Gasteiger partial charge in [0.05, 0.1) is 5.69 Å². The number of hydrogen-bond donors (Lipinski definition) is 1. The fraction of sp³-hybridized carbons (Fsp3) is 0.154. The highest BCUT2D eigenvalue weighted by atomic mass is 16.2. The van der Waals surface area contributed by atoms with Crippen molar-refractivity contribution in [2.24, 2.45) is 5.92 Å². The summed E-state index contributed by atoms with van der Waals surface area (Å²) in [6, 6.07) is 11.2. The highest BCUT2D eigenvalue weighted by molar-refractivity contribution is 6.11. The van der Waals surface area contributed by atoms with Crippen LogP contribution in [-0.2, 0) is 4.79 Å². The van der Waals surface area contributed by atoms with E-state index in [9.17, 15) is 9.59 Å². The van der Waals surface area contributed by atoms with Gasteiger partial charge < -0.3 is 5.32 Å². The van der Waals surface area contributed by atoms with E-state index in [0.717, 1.165) is 5.56 Å². The van der Waals surface area contributed by atoms with Crippen LogP contribution in [-0.4, -0.2) is 21.6 Å². The Morgan fingerprint density at radius 2 is 1.94 bits per heavy atom. The van der Waals surface area contributed by atoms with Crippen molar-refractivity contribution >= 4 is 17.6 Å². The molecule has 5 nitrogen and oxygen atoms in total. The fourth-order valence-corrected chi connectivity index (χ4v) is 1.92. The maximum Gasteiger partial charge on any atom is 0.261 e. The summed E-state index contributed by atoms with van der Waals surface area (Å²) in [5, 5.41) is 6.91. The second-order valence-corrected chi connectivity index (χ2v) is 4.24. The molecule has 1 aromatic heterocycles. The van der Waals surface area contributed by atoms with Crippen molar-refractivity contribution in [3.05, 3.63) is 36.4 Å². The molecule has 0 bridgehead atoms. The zero-order chi connectivity index (χ0) is 12.7. The zero-order valence-corrected chi connectivity index (χ0v) is 9.75. The Morgan fingerprint density at radius 3 is 2.67 bits per heavy atom. The standard InChI is InChI=1S/C13H11N3O2/c1-8-12(17)14-11-7-10(15-16(11)13(8)18)9-5-3-2-4-6-9/h2-8H,1H3,(H,14,17)/t8-/m0/s1. The van der Waals surface area contributed by atoms with Gasteiger partial charge in [-0.2, -0.15) is 9.78 Å². The first kappa shape index (κ1) is 10.7. The first-order valence-corrected chi connectivity index (χ1v) is 5.67. The highest BCUT2D eigenvalue weighted by Crippen LogP contribution is 2.25. The molecule has 1 atom stereocenters. The molecule has 0 fully saturated rings. The molecular formula is C13H11N3O2. The third-order valence-corrected chi connectivity index (χ3v) is 3.00. The van der Waals surface area contributed by atoms with Gasteiger partial charge in [-0.25, -0.2) is 0 Å². The van der Waals surface area contributed by atoms with E-state index in [-0.39, 0.29) is 11.8 Å². The molecule has 2 aromatic rings. The number of benzene rings is 1. The maximum atomic E-state index is 11.9. The van der Waals surface area contributed by atoms with E-state index < -0.39 is 5.92 Å². The number of anilines is 1. The van der Waals surface area contributed by atoms with E-state index in [4.69, 9.17) is 0 Å². The number of hydrogen-bond acceptors (Lipinski definition) is 3. The Hall–Kier alpha value is -2.43. The fourth-order valence-electron chi connectivity index (χ4n) is 1.92. The van der Waals surface area contributed by atoms with Crippen LogP contribution in [0, 0.1) is 5.92 Å². The van der Waals surface area contributed by atoms with Crippen LogP contribution in [0.25, 0.3) is 11.3 Å². The number of nitrogens with zero attached hydrogens (tertiary/aromatic N) is 2. The minimum Gasteiger partial charge on any atom is -0.310 e. The zero-order valence-electron chi connectivity index (χ0n) is 9.75. The molecule has 18 heavy (non-hydrogen) atoms. The summed E-state index contributed by atoms with van der Waals surface area (Å²) < 4.78 is 1.26. The number of nitrogens with one attached hydrogen (secondary N) is 1. The number of carbonyl (C=O) groups excluding carboxylic acids is 2. The van der Waals surface area contributed by atoms with E-state index in [1.165, 1.54) is 4.68 Å². The Kier molecular flexibility index (Phi) is 2.26. The van der Waals surface area contributed by atoms with E-state index in [1.807, 2.05) is 30.3 Å². The van der Waals surface area contributed by atoms with Crippen molar-refractivity contribution < 1.29 is 9.59 Å². The van der Waals surface area contributed by atoms with Gasteiger partial charge in [-0.1, -0.05) is 30.3 Å². The average molecular weight is 241 g/mol. The van der Waals surface area contributed by atoms with Crippen molar-refractivity contribution in [1.29, 1.82) is 0 Å².